The van der Waals surface area contributed by atoms with Gasteiger partial charge in [-0.15, -0.1) is 0 Å². The standard InChI is InChI=1S/C15H23N3O2/c1-3-12(10-19)16-8-14-6-5-7-15(18-14)9-17-13(4-2)11-20/h5-9,12-13,19-20H,3-4,10-11H2,1-2H3/t12-,13+. The van der Waals surface area contributed by atoms with Crippen LogP contribution < -0.4 is 0 Å². The molecule has 1 aromatic heterocycles. The van der Waals surface area contributed by atoms with Gasteiger partial charge in [-0.1, -0.05) is 19.9 Å². The molecule has 1 rings (SSSR count). The van der Waals surface area contributed by atoms with E-state index in [1.54, 1.807) is 12.4 Å². The van der Waals surface area contributed by atoms with Crippen LogP contribution in [0.2, 0.25) is 0 Å². The zero-order chi connectivity index (χ0) is 14.8. The number of aromatic nitrogens is 1. The molecule has 20 heavy (non-hydrogen) atoms. The van der Waals surface area contributed by atoms with Gasteiger partial charge in [-0.05, 0) is 25.0 Å². The van der Waals surface area contributed by atoms with Gasteiger partial charge in [0.05, 0.1) is 36.7 Å². The molecule has 0 saturated heterocycles. The first kappa shape index (κ1) is 16.5. The zero-order valence-corrected chi connectivity index (χ0v) is 12.1. The van der Waals surface area contributed by atoms with E-state index in [1.165, 1.54) is 0 Å². The average Bonchev–Trinajstić information content (AvgIpc) is 2.50. The van der Waals surface area contributed by atoms with Gasteiger partial charge in [0.15, 0.2) is 0 Å². The van der Waals surface area contributed by atoms with Crippen LogP contribution >= 0.6 is 0 Å². The highest BCUT2D eigenvalue weighted by Crippen LogP contribution is 2.00. The molecule has 5 heteroatoms. The summed E-state index contributed by atoms with van der Waals surface area (Å²) in [5.41, 5.74) is 1.47. The van der Waals surface area contributed by atoms with Gasteiger partial charge in [0.2, 0.25) is 0 Å². The molecule has 0 spiro atoms. The van der Waals surface area contributed by atoms with Crippen LogP contribution in [-0.4, -0.2) is 52.9 Å². The molecular formula is C15H23N3O2. The number of aliphatic hydroxyl groups excluding tert-OH is 2. The Hall–Kier alpha value is -1.59. The molecule has 0 unspecified atom stereocenters. The average molecular weight is 277 g/mol. The predicted octanol–water partition coefficient (Wildman–Crippen LogP) is 1.46. The van der Waals surface area contributed by atoms with Crippen LogP contribution in [0.4, 0.5) is 0 Å². The molecule has 1 aromatic rings. The quantitative estimate of drug-likeness (QED) is 0.706. The Morgan fingerprint density at radius 1 is 1.00 bits per heavy atom. The number of rotatable bonds is 8. The molecule has 0 aliphatic heterocycles. The fourth-order valence-electron chi connectivity index (χ4n) is 1.54. The lowest BCUT2D eigenvalue weighted by atomic mass is 10.2. The Bertz CT molecular complexity index is 401. The van der Waals surface area contributed by atoms with Gasteiger partial charge in [-0.2, -0.15) is 0 Å². The van der Waals surface area contributed by atoms with Gasteiger partial charge < -0.3 is 10.2 Å². The summed E-state index contributed by atoms with van der Waals surface area (Å²) in [5, 5.41) is 18.2. The van der Waals surface area contributed by atoms with Crippen LogP contribution in [0.1, 0.15) is 38.1 Å². The monoisotopic (exact) mass is 277 g/mol. The second-order valence-electron chi connectivity index (χ2n) is 4.53. The third kappa shape index (κ3) is 5.59. The molecule has 0 bridgehead atoms. The maximum absolute atomic E-state index is 9.08. The van der Waals surface area contributed by atoms with Crippen molar-refractivity contribution in [2.45, 2.75) is 38.8 Å². The number of hydrogen-bond donors (Lipinski definition) is 2. The van der Waals surface area contributed by atoms with Crippen LogP contribution in [-0.2, 0) is 0 Å². The molecule has 0 saturated carbocycles. The SMILES string of the molecule is CC[C@H](CO)N=Cc1cccc(C=N[C@@H](CC)CO)n1. The number of hydrogen-bond acceptors (Lipinski definition) is 5. The normalized spacial score (nSPS) is 15.0. The first-order chi connectivity index (χ1) is 9.73. The maximum atomic E-state index is 9.08. The first-order valence-corrected chi connectivity index (χ1v) is 6.98. The summed E-state index contributed by atoms with van der Waals surface area (Å²) < 4.78 is 0. The van der Waals surface area contributed by atoms with Gasteiger partial charge >= 0.3 is 0 Å². The van der Waals surface area contributed by atoms with Gasteiger partial charge in [-0.25, -0.2) is 4.98 Å². The molecular weight excluding hydrogens is 254 g/mol. The van der Waals surface area contributed by atoms with E-state index < -0.39 is 0 Å². The van der Waals surface area contributed by atoms with Crippen LogP contribution in [0.15, 0.2) is 28.2 Å². The maximum Gasteiger partial charge on any atom is 0.0815 e. The summed E-state index contributed by atoms with van der Waals surface area (Å²) in [6, 6.07) is 5.44. The number of nitrogens with zero attached hydrogens (tertiary/aromatic N) is 3. The zero-order valence-electron chi connectivity index (χ0n) is 12.1. The van der Waals surface area contributed by atoms with Crippen molar-refractivity contribution in [3.05, 3.63) is 29.6 Å². The van der Waals surface area contributed by atoms with Crippen LogP contribution in [0.25, 0.3) is 0 Å². The molecule has 0 aliphatic carbocycles. The fourth-order valence-corrected chi connectivity index (χ4v) is 1.54. The van der Waals surface area contributed by atoms with E-state index in [9.17, 15) is 0 Å². The van der Waals surface area contributed by atoms with Crippen molar-refractivity contribution >= 4 is 12.4 Å². The third-order valence-electron chi connectivity index (χ3n) is 2.99. The summed E-state index contributed by atoms with van der Waals surface area (Å²) >= 11 is 0. The van der Waals surface area contributed by atoms with Crippen LogP contribution in [0, 0.1) is 0 Å². The molecule has 110 valence electrons. The van der Waals surface area contributed by atoms with E-state index in [0.29, 0.717) is 0 Å². The van der Waals surface area contributed by atoms with Crippen molar-refractivity contribution in [3.8, 4) is 0 Å². The third-order valence-corrected chi connectivity index (χ3v) is 2.99. The molecule has 2 atom stereocenters. The molecule has 0 radical (unpaired) electrons. The van der Waals surface area contributed by atoms with E-state index in [4.69, 9.17) is 10.2 Å². The molecule has 0 amide bonds. The Balaban J connectivity index is 2.75. The lowest BCUT2D eigenvalue weighted by Gasteiger charge is -2.05. The van der Waals surface area contributed by atoms with E-state index in [-0.39, 0.29) is 25.3 Å². The Morgan fingerprint density at radius 2 is 1.45 bits per heavy atom. The minimum absolute atomic E-state index is 0.0445. The van der Waals surface area contributed by atoms with Crippen molar-refractivity contribution in [1.82, 2.24) is 4.98 Å². The molecule has 0 fully saturated rings. The topological polar surface area (TPSA) is 78.1 Å². The second kappa shape index (κ2) is 9.34. The number of pyridine rings is 1. The molecule has 1 heterocycles. The van der Waals surface area contributed by atoms with Crippen molar-refractivity contribution in [2.75, 3.05) is 13.2 Å². The summed E-state index contributed by atoms with van der Waals surface area (Å²) in [6.07, 6.45) is 4.93. The van der Waals surface area contributed by atoms with E-state index in [0.717, 1.165) is 24.2 Å². The van der Waals surface area contributed by atoms with Crippen LogP contribution in [0.5, 0.6) is 0 Å². The Labute approximate surface area is 120 Å². The smallest absolute Gasteiger partial charge is 0.0815 e. The van der Waals surface area contributed by atoms with Gasteiger partial charge in [0, 0.05) is 12.4 Å². The molecule has 5 nitrogen and oxygen atoms in total. The summed E-state index contributed by atoms with van der Waals surface area (Å²) in [7, 11) is 0. The lowest BCUT2D eigenvalue weighted by molar-refractivity contribution is 0.264. The highest BCUT2D eigenvalue weighted by Gasteiger charge is 2.01. The van der Waals surface area contributed by atoms with Crippen molar-refractivity contribution in [3.63, 3.8) is 0 Å². The Kier molecular flexibility index (Phi) is 7.69. The summed E-state index contributed by atoms with van der Waals surface area (Å²) in [6.45, 7) is 4.05. The van der Waals surface area contributed by atoms with Gasteiger partial charge in [0.1, 0.15) is 0 Å². The second-order valence-corrected chi connectivity index (χ2v) is 4.53. The predicted molar refractivity (Wildman–Crippen MR) is 81.8 cm³/mol. The number of aliphatic imine (C=N–C) groups is 2. The van der Waals surface area contributed by atoms with Crippen molar-refractivity contribution in [2.24, 2.45) is 9.98 Å². The fraction of sp³-hybridized carbons (Fsp3) is 0.533. The van der Waals surface area contributed by atoms with E-state index in [1.807, 2.05) is 32.0 Å². The summed E-state index contributed by atoms with van der Waals surface area (Å²) in [4.78, 5) is 12.9. The van der Waals surface area contributed by atoms with Gasteiger partial charge in [-0.3, -0.25) is 9.98 Å². The molecule has 2 N–H and O–H groups in total. The summed E-state index contributed by atoms with van der Waals surface area (Å²) in [5.74, 6) is 0. The van der Waals surface area contributed by atoms with E-state index >= 15 is 0 Å². The first-order valence-electron chi connectivity index (χ1n) is 6.98. The minimum Gasteiger partial charge on any atom is -0.394 e. The molecule has 0 aliphatic rings. The van der Waals surface area contributed by atoms with Crippen LogP contribution in [0.3, 0.4) is 0 Å². The molecule has 0 aromatic carbocycles. The van der Waals surface area contributed by atoms with Crippen molar-refractivity contribution < 1.29 is 10.2 Å². The Morgan fingerprint density at radius 3 is 1.80 bits per heavy atom. The number of aliphatic hydroxyl groups is 2. The highest BCUT2D eigenvalue weighted by atomic mass is 16.3. The van der Waals surface area contributed by atoms with Gasteiger partial charge in [0.25, 0.3) is 0 Å². The van der Waals surface area contributed by atoms with Crippen molar-refractivity contribution in [1.29, 1.82) is 0 Å². The highest BCUT2D eigenvalue weighted by molar-refractivity contribution is 5.81. The largest absolute Gasteiger partial charge is 0.394 e. The minimum atomic E-state index is -0.0759. The lowest BCUT2D eigenvalue weighted by Crippen LogP contribution is -2.09. The van der Waals surface area contributed by atoms with E-state index in [2.05, 4.69) is 15.0 Å².